The molecule has 17 heavy (non-hydrogen) atoms. The van der Waals surface area contributed by atoms with Gasteiger partial charge in [-0.1, -0.05) is 6.92 Å². The van der Waals surface area contributed by atoms with E-state index in [1.54, 1.807) is 6.92 Å². The zero-order valence-electron chi connectivity index (χ0n) is 11.6. The number of ether oxygens (including phenoxy) is 1. The van der Waals surface area contributed by atoms with Crippen molar-refractivity contribution >= 4 is 5.97 Å². The van der Waals surface area contributed by atoms with Crippen LogP contribution in [0.3, 0.4) is 0 Å². The minimum Gasteiger partial charge on any atom is -0.480 e. The van der Waals surface area contributed by atoms with E-state index >= 15 is 0 Å². The number of carboxylic acids is 1. The van der Waals surface area contributed by atoms with Crippen LogP contribution in [-0.4, -0.2) is 60.9 Å². The highest BCUT2D eigenvalue weighted by atomic mass is 16.5. The molecule has 0 fully saturated rings. The van der Waals surface area contributed by atoms with E-state index in [-0.39, 0.29) is 6.10 Å². The number of likely N-dealkylation sites (N-methyl/N-ethyl adjacent to an activating group) is 2. The summed E-state index contributed by atoms with van der Waals surface area (Å²) in [5, 5.41) is 12.2. The van der Waals surface area contributed by atoms with Gasteiger partial charge in [0, 0.05) is 13.1 Å². The second-order valence-corrected chi connectivity index (χ2v) is 4.82. The molecule has 0 aromatic carbocycles. The summed E-state index contributed by atoms with van der Waals surface area (Å²) in [7, 11) is 1.90. The van der Waals surface area contributed by atoms with Crippen LogP contribution in [0.25, 0.3) is 0 Å². The molecule has 5 nitrogen and oxygen atoms in total. The molecule has 0 aliphatic heterocycles. The monoisotopic (exact) mass is 246 g/mol. The van der Waals surface area contributed by atoms with Crippen LogP contribution in [0.2, 0.25) is 0 Å². The number of carbonyl (C=O) groups is 1. The van der Waals surface area contributed by atoms with Crippen LogP contribution in [0.5, 0.6) is 0 Å². The number of aliphatic carboxylic acids is 1. The highest BCUT2D eigenvalue weighted by molar-refractivity contribution is 5.78. The van der Waals surface area contributed by atoms with Crippen molar-refractivity contribution < 1.29 is 14.6 Å². The lowest BCUT2D eigenvalue weighted by molar-refractivity contribution is -0.145. The predicted octanol–water partition coefficient (Wildman–Crippen LogP) is 0.796. The first-order valence-corrected chi connectivity index (χ1v) is 6.10. The van der Waals surface area contributed by atoms with Crippen molar-refractivity contribution in [3.63, 3.8) is 0 Å². The van der Waals surface area contributed by atoms with Crippen LogP contribution in [0.15, 0.2) is 0 Å². The molecule has 0 spiro atoms. The summed E-state index contributed by atoms with van der Waals surface area (Å²) in [6.45, 7) is 10.0. The molecule has 5 heteroatoms. The third-order valence-corrected chi connectivity index (χ3v) is 2.55. The lowest BCUT2D eigenvalue weighted by Gasteiger charge is -2.30. The third-order valence-electron chi connectivity index (χ3n) is 2.55. The summed E-state index contributed by atoms with van der Waals surface area (Å²) in [5.74, 6) is -0.823. The smallest absolute Gasteiger partial charge is 0.324 e. The third kappa shape index (κ3) is 6.61. The van der Waals surface area contributed by atoms with E-state index in [0.717, 1.165) is 6.54 Å². The molecule has 0 aromatic rings. The van der Waals surface area contributed by atoms with Crippen LogP contribution in [-0.2, 0) is 9.53 Å². The fourth-order valence-corrected chi connectivity index (χ4v) is 1.65. The molecule has 0 amide bonds. The van der Waals surface area contributed by atoms with Gasteiger partial charge in [-0.3, -0.25) is 4.79 Å². The standard InChI is InChI=1S/C12H26N2O3/c1-6-13-12(4,11(15)16)9-14(5)7-8-17-10(2)3/h10,13H,6-9H2,1-5H3,(H,15,16). The predicted molar refractivity (Wildman–Crippen MR) is 68.3 cm³/mol. The minimum absolute atomic E-state index is 0.211. The summed E-state index contributed by atoms with van der Waals surface area (Å²) >= 11 is 0. The van der Waals surface area contributed by atoms with Crippen molar-refractivity contribution in [3.05, 3.63) is 0 Å². The van der Waals surface area contributed by atoms with Gasteiger partial charge >= 0.3 is 5.97 Å². The van der Waals surface area contributed by atoms with E-state index in [4.69, 9.17) is 4.74 Å². The highest BCUT2D eigenvalue weighted by Crippen LogP contribution is 2.06. The van der Waals surface area contributed by atoms with Crippen LogP contribution in [0.4, 0.5) is 0 Å². The fraction of sp³-hybridized carbons (Fsp3) is 0.917. The molecule has 0 aliphatic rings. The van der Waals surface area contributed by atoms with Gasteiger partial charge in [0.2, 0.25) is 0 Å². The fourth-order valence-electron chi connectivity index (χ4n) is 1.65. The molecule has 0 aromatic heterocycles. The molecule has 0 bridgehead atoms. The highest BCUT2D eigenvalue weighted by Gasteiger charge is 2.33. The van der Waals surface area contributed by atoms with Gasteiger partial charge in [0.25, 0.3) is 0 Å². The van der Waals surface area contributed by atoms with Crippen LogP contribution in [0, 0.1) is 0 Å². The van der Waals surface area contributed by atoms with Gasteiger partial charge in [-0.2, -0.15) is 0 Å². The zero-order valence-corrected chi connectivity index (χ0v) is 11.6. The van der Waals surface area contributed by atoms with Crippen LogP contribution in [0.1, 0.15) is 27.7 Å². The van der Waals surface area contributed by atoms with E-state index in [9.17, 15) is 9.90 Å². The van der Waals surface area contributed by atoms with Gasteiger partial charge < -0.3 is 20.1 Å². The first kappa shape index (κ1) is 16.4. The van der Waals surface area contributed by atoms with Crippen molar-refractivity contribution in [2.75, 3.05) is 33.3 Å². The molecule has 0 aliphatic carbocycles. The molecule has 0 rings (SSSR count). The number of carboxylic acid groups (broad SMARTS) is 1. The Kier molecular flexibility index (Phi) is 7.34. The molecule has 0 saturated carbocycles. The van der Waals surface area contributed by atoms with Crippen molar-refractivity contribution in [3.8, 4) is 0 Å². The SMILES string of the molecule is CCNC(C)(CN(C)CCOC(C)C)C(=O)O. The number of nitrogens with one attached hydrogen (secondary N) is 1. The Labute approximate surface area is 104 Å². The lowest BCUT2D eigenvalue weighted by atomic mass is 10.0. The van der Waals surface area contributed by atoms with Gasteiger partial charge in [0.1, 0.15) is 5.54 Å². The summed E-state index contributed by atoms with van der Waals surface area (Å²) in [4.78, 5) is 13.2. The van der Waals surface area contributed by atoms with Crippen molar-refractivity contribution in [1.82, 2.24) is 10.2 Å². The molecule has 1 atom stereocenters. The Hall–Kier alpha value is -0.650. The summed E-state index contributed by atoms with van der Waals surface area (Å²) in [5.41, 5.74) is -0.901. The second-order valence-electron chi connectivity index (χ2n) is 4.82. The van der Waals surface area contributed by atoms with Crippen molar-refractivity contribution in [2.24, 2.45) is 0 Å². The number of rotatable bonds is 9. The maximum absolute atomic E-state index is 11.2. The number of nitrogens with zero attached hydrogens (tertiary/aromatic N) is 1. The minimum atomic E-state index is -0.901. The maximum atomic E-state index is 11.2. The van der Waals surface area contributed by atoms with Crippen LogP contribution < -0.4 is 5.32 Å². The molecule has 0 saturated heterocycles. The average molecular weight is 246 g/mol. The second kappa shape index (κ2) is 7.63. The van der Waals surface area contributed by atoms with E-state index in [1.807, 2.05) is 32.7 Å². The Morgan fingerprint density at radius 3 is 2.53 bits per heavy atom. The summed E-state index contributed by atoms with van der Waals surface area (Å²) in [6.07, 6.45) is 0.211. The van der Waals surface area contributed by atoms with E-state index in [0.29, 0.717) is 19.7 Å². The molecular weight excluding hydrogens is 220 g/mol. The molecule has 1 unspecified atom stereocenters. The Morgan fingerprint density at radius 1 is 1.53 bits per heavy atom. The quantitative estimate of drug-likeness (QED) is 0.630. The van der Waals surface area contributed by atoms with Gasteiger partial charge in [-0.05, 0) is 34.4 Å². The maximum Gasteiger partial charge on any atom is 0.324 e. The topological polar surface area (TPSA) is 61.8 Å². The largest absolute Gasteiger partial charge is 0.480 e. The van der Waals surface area contributed by atoms with Gasteiger partial charge in [-0.25, -0.2) is 0 Å². The first-order chi connectivity index (χ1) is 7.81. The lowest BCUT2D eigenvalue weighted by Crippen LogP contribution is -2.56. The molecule has 102 valence electrons. The van der Waals surface area contributed by atoms with Gasteiger partial charge in [0.05, 0.1) is 12.7 Å². The Bertz CT molecular complexity index is 234. The van der Waals surface area contributed by atoms with Crippen LogP contribution >= 0.6 is 0 Å². The van der Waals surface area contributed by atoms with Gasteiger partial charge in [-0.15, -0.1) is 0 Å². The summed E-state index contributed by atoms with van der Waals surface area (Å²) in [6, 6.07) is 0. The van der Waals surface area contributed by atoms with E-state index in [1.165, 1.54) is 0 Å². The summed E-state index contributed by atoms with van der Waals surface area (Å²) < 4.78 is 5.44. The Balaban J connectivity index is 4.13. The number of hydrogen-bond donors (Lipinski definition) is 2. The van der Waals surface area contributed by atoms with E-state index in [2.05, 4.69) is 5.32 Å². The van der Waals surface area contributed by atoms with E-state index < -0.39 is 11.5 Å². The molecule has 0 radical (unpaired) electrons. The first-order valence-electron chi connectivity index (χ1n) is 6.10. The van der Waals surface area contributed by atoms with Crippen molar-refractivity contribution in [2.45, 2.75) is 39.3 Å². The Morgan fingerprint density at radius 2 is 2.12 bits per heavy atom. The normalized spacial score (nSPS) is 15.2. The molecular formula is C12H26N2O3. The molecule has 2 N–H and O–H groups in total. The zero-order chi connectivity index (χ0) is 13.5. The molecule has 0 heterocycles. The average Bonchev–Trinajstić information content (AvgIpc) is 2.16. The van der Waals surface area contributed by atoms with Crippen molar-refractivity contribution in [1.29, 1.82) is 0 Å². The van der Waals surface area contributed by atoms with Gasteiger partial charge in [0.15, 0.2) is 0 Å². The number of hydrogen-bond acceptors (Lipinski definition) is 4.